The Morgan fingerprint density at radius 1 is 1.29 bits per heavy atom. The van der Waals surface area contributed by atoms with Gasteiger partial charge in [-0.05, 0) is 25.0 Å². The molecule has 31 heavy (non-hydrogen) atoms. The van der Waals surface area contributed by atoms with E-state index in [0.29, 0.717) is 16.1 Å². The molecule has 10 nitrogen and oxygen atoms in total. The zero-order valence-corrected chi connectivity index (χ0v) is 17.6. The maximum Gasteiger partial charge on any atom is 0.330 e. The predicted molar refractivity (Wildman–Crippen MR) is 117 cm³/mol. The van der Waals surface area contributed by atoms with E-state index in [9.17, 15) is 19.2 Å². The Morgan fingerprint density at radius 3 is 2.74 bits per heavy atom. The fourth-order valence-electron chi connectivity index (χ4n) is 3.35. The number of nitrogens with two attached hydrogens (primary N) is 1. The highest BCUT2D eigenvalue weighted by atomic mass is 32.2. The molecular formula is C20H21N5O5S. The third-order valence-electron chi connectivity index (χ3n) is 5.06. The lowest BCUT2D eigenvalue weighted by atomic mass is 10.2. The van der Waals surface area contributed by atoms with Crippen molar-refractivity contribution >= 4 is 34.3 Å². The van der Waals surface area contributed by atoms with Crippen LogP contribution in [0.25, 0.3) is 10.9 Å². The van der Waals surface area contributed by atoms with E-state index in [1.54, 1.807) is 28.8 Å². The Labute approximate surface area is 180 Å². The second-order valence-corrected chi connectivity index (χ2v) is 8.14. The second-order valence-electron chi connectivity index (χ2n) is 7.19. The fourth-order valence-corrected chi connectivity index (χ4v) is 4.28. The summed E-state index contributed by atoms with van der Waals surface area (Å²) >= 11 is 1.07. The molecule has 2 aromatic heterocycles. The Morgan fingerprint density at radius 2 is 2.03 bits per heavy atom. The van der Waals surface area contributed by atoms with Crippen LogP contribution in [-0.4, -0.2) is 44.4 Å². The lowest BCUT2D eigenvalue weighted by Gasteiger charge is -2.13. The zero-order chi connectivity index (χ0) is 22.1. The summed E-state index contributed by atoms with van der Waals surface area (Å²) < 4.78 is 7.66. The van der Waals surface area contributed by atoms with Gasteiger partial charge in [0, 0.05) is 13.2 Å². The maximum absolute atomic E-state index is 12.9. The van der Waals surface area contributed by atoms with E-state index < -0.39 is 17.0 Å². The largest absolute Gasteiger partial charge is 0.384 e. The number of ketones is 1. The van der Waals surface area contributed by atoms with Gasteiger partial charge in [-0.3, -0.25) is 28.5 Å². The fraction of sp³-hybridized carbons (Fsp3) is 0.350. The van der Waals surface area contributed by atoms with Crippen LogP contribution in [0.4, 0.5) is 5.82 Å². The van der Waals surface area contributed by atoms with Crippen molar-refractivity contribution in [3.05, 3.63) is 61.0 Å². The number of para-hydroxylation sites is 1. The Bertz CT molecular complexity index is 1340. The Kier molecular flexibility index (Phi) is 5.79. The number of rotatable bonds is 8. The van der Waals surface area contributed by atoms with Crippen LogP contribution < -0.4 is 22.5 Å². The van der Waals surface area contributed by atoms with Crippen LogP contribution in [-0.2, 0) is 11.3 Å². The number of hydrogen-bond acceptors (Lipinski definition) is 8. The lowest BCUT2D eigenvalue weighted by molar-refractivity contribution is 0.102. The van der Waals surface area contributed by atoms with Crippen LogP contribution in [0, 0.1) is 0 Å². The molecule has 2 heterocycles. The summed E-state index contributed by atoms with van der Waals surface area (Å²) in [6.45, 7) is 0.284. The number of fused-ring (bicyclic) bond motifs is 1. The number of Topliss-reactive ketones (excluding diaryl/α,β-unsaturated/α-hetero) is 1. The number of ether oxygens (including phenoxy) is 1. The number of benzene rings is 1. The predicted octanol–water partition coefficient (Wildman–Crippen LogP) is 0.785. The van der Waals surface area contributed by atoms with Gasteiger partial charge in [0.05, 0.1) is 29.8 Å². The molecule has 11 heteroatoms. The number of aromatic amines is 1. The van der Waals surface area contributed by atoms with Gasteiger partial charge in [0.25, 0.3) is 11.1 Å². The number of hydrogen-bond donors (Lipinski definition) is 2. The van der Waals surface area contributed by atoms with E-state index in [1.807, 2.05) is 0 Å². The van der Waals surface area contributed by atoms with Gasteiger partial charge < -0.3 is 10.5 Å². The zero-order valence-electron chi connectivity index (χ0n) is 16.8. The minimum Gasteiger partial charge on any atom is -0.384 e. The summed E-state index contributed by atoms with van der Waals surface area (Å²) in [5.74, 6) is -0.921. The standard InChI is InChI=1S/C20H21N5O5S/c1-30-9-8-24-16(21)15(17(27)23-19(24)29)14(26)10-31-20-22-13-5-3-2-4-12(13)18(28)25(20)11-6-7-11/h2-5,11H,6-10,21H2,1H3,(H,23,27,29). The highest BCUT2D eigenvalue weighted by Crippen LogP contribution is 2.36. The molecule has 1 aliphatic carbocycles. The number of nitrogens with one attached hydrogen (secondary N) is 1. The number of nitrogen functional groups attached to an aromatic ring is 1. The molecule has 0 aliphatic heterocycles. The van der Waals surface area contributed by atoms with Gasteiger partial charge in [0.2, 0.25) is 0 Å². The molecule has 3 aromatic rings. The lowest BCUT2D eigenvalue weighted by Crippen LogP contribution is -2.37. The van der Waals surface area contributed by atoms with Gasteiger partial charge >= 0.3 is 5.69 Å². The first-order valence-electron chi connectivity index (χ1n) is 9.71. The van der Waals surface area contributed by atoms with Crippen LogP contribution in [0.2, 0.25) is 0 Å². The summed E-state index contributed by atoms with van der Waals surface area (Å²) in [6.07, 6.45) is 1.75. The minimum atomic E-state index is -0.840. The van der Waals surface area contributed by atoms with Crippen LogP contribution in [0.5, 0.6) is 0 Å². The number of methoxy groups -OCH3 is 1. The molecule has 0 saturated heterocycles. The van der Waals surface area contributed by atoms with E-state index >= 15 is 0 Å². The third kappa shape index (κ3) is 4.06. The first kappa shape index (κ1) is 21.1. The van der Waals surface area contributed by atoms with Crippen LogP contribution in [0.15, 0.2) is 43.8 Å². The second kappa shape index (κ2) is 8.52. The molecule has 1 saturated carbocycles. The van der Waals surface area contributed by atoms with Crippen molar-refractivity contribution in [2.24, 2.45) is 0 Å². The van der Waals surface area contributed by atoms with Crippen LogP contribution in [0.3, 0.4) is 0 Å². The van der Waals surface area contributed by atoms with E-state index in [-0.39, 0.29) is 41.9 Å². The quantitative estimate of drug-likeness (QED) is 0.296. The number of carbonyl (C=O) groups is 1. The molecule has 1 fully saturated rings. The summed E-state index contributed by atoms with van der Waals surface area (Å²) in [4.78, 5) is 56.8. The number of thioether (sulfide) groups is 1. The number of aromatic nitrogens is 4. The summed E-state index contributed by atoms with van der Waals surface area (Å²) in [5, 5.41) is 0.943. The monoisotopic (exact) mass is 443 g/mol. The average molecular weight is 443 g/mol. The Hall–Kier alpha value is -3.18. The summed E-state index contributed by atoms with van der Waals surface area (Å²) in [5.41, 5.74) is 4.54. The molecule has 0 bridgehead atoms. The molecule has 0 spiro atoms. The van der Waals surface area contributed by atoms with Crippen molar-refractivity contribution in [2.75, 3.05) is 25.2 Å². The first-order chi connectivity index (χ1) is 14.9. The maximum atomic E-state index is 12.9. The van der Waals surface area contributed by atoms with E-state index in [1.165, 1.54) is 7.11 Å². The minimum absolute atomic E-state index is 0.0617. The molecule has 4 rings (SSSR count). The molecular weight excluding hydrogens is 422 g/mol. The van der Waals surface area contributed by atoms with Crippen molar-refractivity contribution in [3.63, 3.8) is 0 Å². The highest BCUT2D eigenvalue weighted by Gasteiger charge is 2.29. The molecule has 0 unspecified atom stereocenters. The van der Waals surface area contributed by atoms with Crippen LogP contribution in [0.1, 0.15) is 29.2 Å². The molecule has 0 atom stereocenters. The molecule has 0 amide bonds. The van der Waals surface area contributed by atoms with Crippen molar-refractivity contribution in [2.45, 2.75) is 30.6 Å². The molecule has 1 aromatic carbocycles. The van der Waals surface area contributed by atoms with E-state index in [4.69, 9.17) is 10.5 Å². The highest BCUT2D eigenvalue weighted by molar-refractivity contribution is 7.99. The Balaban J connectivity index is 1.66. The summed E-state index contributed by atoms with van der Waals surface area (Å²) in [6, 6.07) is 7.11. The normalized spacial score (nSPS) is 13.6. The number of H-pyrrole nitrogens is 1. The third-order valence-corrected chi connectivity index (χ3v) is 6.01. The van der Waals surface area contributed by atoms with Crippen molar-refractivity contribution in [1.82, 2.24) is 19.1 Å². The average Bonchev–Trinajstić information content (AvgIpc) is 3.57. The topological polar surface area (TPSA) is 142 Å². The van der Waals surface area contributed by atoms with Gasteiger partial charge in [0.1, 0.15) is 11.4 Å². The number of anilines is 1. The van der Waals surface area contributed by atoms with E-state index in [2.05, 4.69) is 9.97 Å². The molecule has 3 N–H and O–H groups in total. The van der Waals surface area contributed by atoms with Crippen LogP contribution >= 0.6 is 11.8 Å². The van der Waals surface area contributed by atoms with Gasteiger partial charge in [-0.2, -0.15) is 0 Å². The summed E-state index contributed by atoms with van der Waals surface area (Å²) in [7, 11) is 1.46. The number of nitrogens with zero attached hydrogens (tertiary/aromatic N) is 3. The smallest absolute Gasteiger partial charge is 0.330 e. The van der Waals surface area contributed by atoms with Crippen molar-refractivity contribution < 1.29 is 9.53 Å². The number of carbonyl (C=O) groups excluding carboxylic acids is 1. The van der Waals surface area contributed by atoms with Gasteiger partial charge in [-0.25, -0.2) is 9.78 Å². The van der Waals surface area contributed by atoms with E-state index in [0.717, 1.165) is 29.2 Å². The first-order valence-corrected chi connectivity index (χ1v) is 10.7. The van der Waals surface area contributed by atoms with Gasteiger partial charge in [-0.1, -0.05) is 23.9 Å². The SMILES string of the molecule is COCCn1c(N)c(C(=O)CSc2nc3ccccc3c(=O)n2C2CC2)c(=O)[nH]c1=O. The molecule has 162 valence electrons. The molecule has 1 aliphatic rings. The van der Waals surface area contributed by atoms with Crippen molar-refractivity contribution in [1.29, 1.82) is 0 Å². The van der Waals surface area contributed by atoms with Crippen molar-refractivity contribution in [3.8, 4) is 0 Å². The molecule has 0 radical (unpaired) electrons. The van der Waals surface area contributed by atoms with Gasteiger partial charge in [0.15, 0.2) is 10.9 Å². The van der Waals surface area contributed by atoms with Gasteiger partial charge in [-0.15, -0.1) is 0 Å².